The lowest BCUT2D eigenvalue weighted by Gasteiger charge is -2.10. The quantitative estimate of drug-likeness (QED) is 0.565. The zero-order chi connectivity index (χ0) is 17.4. The van der Waals surface area contributed by atoms with Crippen molar-refractivity contribution in [2.45, 2.75) is 9.79 Å². The van der Waals surface area contributed by atoms with Crippen LogP contribution in [0.3, 0.4) is 0 Å². The lowest BCUT2D eigenvalue weighted by Crippen LogP contribution is -2.10. The monoisotopic (exact) mass is 364 g/mol. The van der Waals surface area contributed by atoms with Gasteiger partial charge in [0, 0.05) is 5.39 Å². The molecule has 0 amide bonds. The van der Waals surface area contributed by atoms with Gasteiger partial charge in [-0.3, -0.25) is 4.55 Å². The van der Waals surface area contributed by atoms with Crippen LogP contribution < -0.4 is 4.18 Å². The van der Waals surface area contributed by atoms with Crippen molar-refractivity contribution < 1.29 is 25.6 Å². The number of rotatable bonds is 4. The summed E-state index contributed by atoms with van der Waals surface area (Å²) in [6.45, 7) is 0. The summed E-state index contributed by atoms with van der Waals surface area (Å²) in [5.41, 5.74) is 0. The molecule has 3 aromatic carbocycles. The van der Waals surface area contributed by atoms with Gasteiger partial charge in [0.25, 0.3) is 10.1 Å². The van der Waals surface area contributed by atoms with E-state index in [1.54, 1.807) is 18.2 Å². The third kappa shape index (κ3) is 3.25. The Labute approximate surface area is 139 Å². The Kier molecular flexibility index (Phi) is 4.04. The fourth-order valence-electron chi connectivity index (χ4n) is 2.21. The molecule has 0 bridgehead atoms. The van der Waals surface area contributed by atoms with Crippen molar-refractivity contribution in [3.8, 4) is 5.75 Å². The van der Waals surface area contributed by atoms with E-state index in [0.717, 1.165) is 29.7 Å². The number of hydrogen-bond acceptors (Lipinski definition) is 5. The van der Waals surface area contributed by atoms with Gasteiger partial charge in [-0.2, -0.15) is 16.8 Å². The zero-order valence-electron chi connectivity index (χ0n) is 12.2. The molecule has 24 heavy (non-hydrogen) atoms. The average Bonchev–Trinajstić information content (AvgIpc) is 2.54. The van der Waals surface area contributed by atoms with Crippen LogP contribution in [0.25, 0.3) is 10.8 Å². The van der Waals surface area contributed by atoms with Crippen LogP contribution in [-0.2, 0) is 20.2 Å². The van der Waals surface area contributed by atoms with Gasteiger partial charge in [0.2, 0.25) is 0 Å². The van der Waals surface area contributed by atoms with Gasteiger partial charge >= 0.3 is 10.1 Å². The minimum absolute atomic E-state index is 0.173. The van der Waals surface area contributed by atoms with E-state index in [0.29, 0.717) is 5.39 Å². The van der Waals surface area contributed by atoms with Gasteiger partial charge in [0.05, 0.1) is 4.90 Å². The molecular weight excluding hydrogens is 352 g/mol. The fraction of sp³-hybridized carbons (Fsp3) is 0. The van der Waals surface area contributed by atoms with Gasteiger partial charge in [0.15, 0.2) is 5.75 Å². The highest BCUT2D eigenvalue weighted by atomic mass is 32.2. The summed E-state index contributed by atoms with van der Waals surface area (Å²) < 4.78 is 60.9. The molecule has 0 atom stereocenters. The normalized spacial score (nSPS) is 12.2. The SMILES string of the molecule is O=S(=O)(O)c1ccc(S(=O)(=O)Oc2cccc3ccccc23)cc1. The first kappa shape index (κ1) is 16.4. The standard InChI is InChI=1S/C16H12O6S2/c17-23(18,19)13-8-10-14(11-9-13)24(20,21)22-16-7-3-5-12-4-1-2-6-15(12)16/h1-11H,(H,17,18,19). The third-order valence-electron chi connectivity index (χ3n) is 3.36. The van der Waals surface area contributed by atoms with Gasteiger partial charge in [-0.05, 0) is 35.7 Å². The summed E-state index contributed by atoms with van der Waals surface area (Å²) in [4.78, 5) is -0.616. The Morgan fingerprint density at radius 3 is 1.96 bits per heavy atom. The van der Waals surface area contributed by atoms with Gasteiger partial charge in [-0.1, -0.05) is 36.4 Å². The predicted octanol–water partition coefficient (Wildman–Crippen LogP) is 2.85. The van der Waals surface area contributed by atoms with Crippen LogP contribution in [0.15, 0.2) is 76.5 Å². The molecular formula is C16H12O6S2. The molecule has 0 aromatic heterocycles. The summed E-state index contributed by atoms with van der Waals surface area (Å²) in [6.07, 6.45) is 0. The number of hydrogen-bond donors (Lipinski definition) is 1. The Hall–Kier alpha value is -2.42. The summed E-state index contributed by atoms with van der Waals surface area (Å²) >= 11 is 0. The summed E-state index contributed by atoms with van der Waals surface area (Å²) in [6, 6.07) is 16.3. The molecule has 124 valence electrons. The molecule has 0 saturated heterocycles. The highest BCUT2D eigenvalue weighted by Crippen LogP contribution is 2.28. The molecule has 0 radical (unpaired) electrons. The Morgan fingerprint density at radius 2 is 1.29 bits per heavy atom. The Morgan fingerprint density at radius 1 is 0.708 bits per heavy atom. The summed E-state index contributed by atoms with van der Waals surface area (Å²) in [5.74, 6) is 0.173. The molecule has 0 fully saturated rings. The van der Waals surface area contributed by atoms with Crippen LogP contribution in [0.2, 0.25) is 0 Å². The largest absolute Gasteiger partial charge is 0.378 e. The van der Waals surface area contributed by atoms with Crippen molar-refractivity contribution in [3.05, 3.63) is 66.7 Å². The summed E-state index contributed by atoms with van der Waals surface area (Å²) in [5, 5.41) is 1.46. The van der Waals surface area contributed by atoms with E-state index in [4.69, 9.17) is 8.74 Å². The minimum atomic E-state index is -4.39. The van der Waals surface area contributed by atoms with E-state index in [-0.39, 0.29) is 10.6 Å². The second-order valence-corrected chi connectivity index (χ2v) is 7.93. The van der Waals surface area contributed by atoms with Gasteiger partial charge in [-0.15, -0.1) is 0 Å². The topological polar surface area (TPSA) is 97.7 Å². The molecule has 3 aromatic rings. The van der Waals surface area contributed by atoms with Crippen molar-refractivity contribution in [1.29, 1.82) is 0 Å². The Balaban J connectivity index is 1.99. The highest BCUT2D eigenvalue weighted by molar-refractivity contribution is 7.87. The van der Waals surface area contributed by atoms with E-state index < -0.39 is 25.1 Å². The predicted molar refractivity (Wildman–Crippen MR) is 88.0 cm³/mol. The first-order valence-electron chi connectivity index (χ1n) is 6.77. The molecule has 1 N–H and O–H groups in total. The lowest BCUT2D eigenvalue weighted by atomic mass is 10.1. The molecule has 0 aliphatic rings. The van der Waals surface area contributed by atoms with E-state index in [9.17, 15) is 16.8 Å². The molecule has 0 unspecified atom stereocenters. The molecule has 0 aliphatic heterocycles. The fourth-order valence-corrected chi connectivity index (χ4v) is 3.64. The zero-order valence-corrected chi connectivity index (χ0v) is 13.8. The van der Waals surface area contributed by atoms with Crippen molar-refractivity contribution in [3.63, 3.8) is 0 Å². The minimum Gasteiger partial charge on any atom is -0.378 e. The van der Waals surface area contributed by atoms with E-state index in [1.807, 2.05) is 18.2 Å². The average molecular weight is 364 g/mol. The smallest absolute Gasteiger partial charge is 0.339 e. The molecule has 0 saturated carbocycles. The van der Waals surface area contributed by atoms with Crippen LogP contribution in [0, 0.1) is 0 Å². The van der Waals surface area contributed by atoms with Crippen LogP contribution in [-0.4, -0.2) is 21.4 Å². The number of fused-ring (bicyclic) bond motifs is 1. The van der Waals surface area contributed by atoms with Crippen molar-refractivity contribution in [2.24, 2.45) is 0 Å². The summed E-state index contributed by atoms with van der Waals surface area (Å²) in [7, 11) is -8.53. The molecule has 3 rings (SSSR count). The molecule has 0 heterocycles. The van der Waals surface area contributed by atoms with Crippen molar-refractivity contribution in [2.75, 3.05) is 0 Å². The first-order chi connectivity index (χ1) is 11.3. The Bertz CT molecular complexity index is 1100. The second-order valence-electron chi connectivity index (χ2n) is 4.96. The second kappa shape index (κ2) is 5.90. The third-order valence-corrected chi connectivity index (χ3v) is 5.48. The molecule has 0 spiro atoms. The van der Waals surface area contributed by atoms with Crippen molar-refractivity contribution >= 4 is 31.0 Å². The maximum atomic E-state index is 12.4. The number of benzene rings is 3. The van der Waals surface area contributed by atoms with Crippen molar-refractivity contribution in [1.82, 2.24) is 0 Å². The highest BCUT2D eigenvalue weighted by Gasteiger charge is 2.19. The van der Waals surface area contributed by atoms with Gasteiger partial charge in [0.1, 0.15) is 4.90 Å². The molecule has 0 aliphatic carbocycles. The van der Waals surface area contributed by atoms with E-state index in [1.165, 1.54) is 6.07 Å². The maximum absolute atomic E-state index is 12.4. The molecule has 6 nitrogen and oxygen atoms in total. The van der Waals surface area contributed by atoms with Crippen LogP contribution in [0.5, 0.6) is 5.75 Å². The van der Waals surface area contributed by atoms with E-state index >= 15 is 0 Å². The lowest BCUT2D eigenvalue weighted by molar-refractivity contribution is 0.480. The van der Waals surface area contributed by atoms with Gasteiger partial charge in [-0.25, -0.2) is 0 Å². The first-order valence-corrected chi connectivity index (χ1v) is 9.62. The van der Waals surface area contributed by atoms with Gasteiger partial charge < -0.3 is 4.18 Å². The van der Waals surface area contributed by atoms with Crippen LogP contribution >= 0.6 is 0 Å². The van der Waals surface area contributed by atoms with Crippen LogP contribution in [0.4, 0.5) is 0 Å². The maximum Gasteiger partial charge on any atom is 0.339 e. The van der Waals surface area contributed by atoms with E-state index in [2.05, 4.69) is 0 Å². The van der Waals surface area contributed by atoms with Crippen LogP contribution in [0.1, 0.15) is 0 Å². The molecule has 8 heteroatoms.